The minimum absolute atomic E-state index is 0.131. The lowest BCUT2D eigenvalue weighted by Crippen LogP contribution is -2.41. The Morgan fingerprint density at radius 1 is 1.14 bits per heavy atom. The second-order valence-electron chi connectivity index (χ2n) is 4.93. The topological polar surface area (TPSA) is 78.5 Å². The van der Waals surface area contributed by atoms with Crippen LogP contribution in [-0.2, 0) is 9.59 Å². The molecule has 1 unspecified atom stereocenters. The maximum atomic E-state index is 12.5. The number of benzene rings is 1. The molecule has 0 aliphatic carbocycles. The summed E-state index contributed by atoms with van der Waals surface area (Å²) in [5.74, 6) is -0.779. The van der Waals surface area contributed by atoms with Gasteiger partial charge in [-0.1, -0.05) is 12.1 Å². The van der Waals surface area contributed by atoms with E-state index in [-0.39, 0.29) is 17.7 Å². The van der Waals surface area contributed by atoms with Crippen molar-refractivity contribution in [3.8, 4) is 0 Å². The fraction of sp³-hybridized carbons (Fsp3) is 0.438. The quantitative estimate of drug-likeness (QED) is 0.838. The summed E-state index contributed by atoms with van der Waals surface area (Å²) in [6, 6.07) is 6.18. The van der Waals surface area contributed by atoms with Gasteiger partial charge in [-0.15, -0.1) is 0 Å². The first kappa shape index (κ1) is 17.7. The molecule has 0 saturated carbocycles. The van der Waals surface area contributed by atoms with Crippen LogP contribution >= 0.6 is 0 Å². The molecule has 0 heterocycles. The van der Waals surface area contributed by atoms with E-state index in [0.29, 0.717) is 24.3 Å². The molecule has 6 heteroatoms. The fourth-order valence-electron chi connectivity index (χ4n) is 2.07. The molecule has 0 bridgehead atoms. The molecule has 0 fully saturated rings. The molecule has 3 amide bonds. The molecule has 22 heavy (non-hydrogen) atoms. The molecule has 0 aromatic heterocycles. The Hall–Kier alpha value is -2.37. The van der Waals surface area contributed by atoms with Gasteiger partial charge in [0.25, 0.3) is 5.91 Å². The van der Waals surface area contributed by atoms with E-state index in [0.717, 1.165) is 0 Å². The van der Waals surface area contributed by atoms with E-state index in [4.69, 9.17) is 0 Å². The van der Waals surface area contributed by atoms with Crippen molar-refractivity contribution in [1.29, 1.82) is 0 Å². The summed E-state index contributed by atoms with van der Waals surface area (Å²) in [7, 11) is 0. The minimum atomic E-state index is -0.672. The number of nitrogens with zero attached hydrogens (tertiary/aromatic N) is 1. The van der Waals surface area contributed by atoms with Crippen molar-refractivity contribution in [3.05, 3.63) is 29.8 Å². The zero-order valence-corrected chi connectivity index (χ0v) is 13.5. The average molecular weight is 305 g/mol. The lowest BCUT2D eigenvalue weighted by molar-refractivity contribution is -0.124. The van der Waals surface area contributed by atoms with Gasteiger partial charge in [-0.3, -0.25) is 14.4 Å². The molecule has 0 saturated heterocycles. The van der Waals surface area contributed by atoms with Crippen LogP contribution in [0.5, 0.6) is 0 Å². The number of nitrogens with one attached hydrogen (secondary N) is 2. The molecule has 6 nitrogen and oxygen atoms in total. The molecule has 1 aromatic rings. The van der Waals surface area contributed by atoms with Gasteiger partial charge in [0.05, 0.1) is 11.3 Å². The molecular weight excluding hydrogens is 282 g/mol. The third-order valence-corrected chi connectivity index (χ3v) is 3.28. The van der Waals surface area contributed by atoms with Crippen LogP contribution in [0.4, 0.5) is 5.69 Å². The molecule has 0 radical (unpaired) electrons. The number of para-hydroxylation sites is 1. The van der Waals surface area contributed by atoms with Crippen LogP contribution in [-0.4, -0.2) is 41.8 Å². The minimum Gasteiger partial charge on any atom is -0.345 e. The SMILES string of the molecule is CCN(CC)C(=O)c1ccccc1NC(=O)C(C)NC(C)=O. The van der Waals surface area contributed by atoms with Crippen LogP contribution in [0.2, 0.25) is 0 Å². The van der Waals surface area contributed by atoms with Crippen LogP contribution in [0.1, 0.15) is 38.1 Å². The van der Waals surface area contributed by atoms with E-state index in [2.05, 4.69) is 10.6 Å². The number of anilines is 1. The maximum absolute atomic E-state index is 12.5. The second kappa shape index (κ2) is 8.17. The lowest BCUT2D eigenvalue weighted by atomic mass is 10.1. The van der Waals surface area contributed by atoms with Gasteiger partial charge >= 0.3 is 0 Å². The van der Waals surface area contributed by atoms with Crippen molar-refractivity contribution < 1.29 is 14.4 Å². The highest BCUT2D eigenvalue weighted by Crippen LogP contribution is 2.17. The molecule has 2 N–H and O–H groups in total. The largest absolute Gasteiger partial charge is 0.345 e. The number of hydrogen-bond acceptors (Lipinski definition) is 3. The molecule has 1 aromatic carbocycles. The number of carbonyl (C=O) groups excluding carboxylic acids is 3. The summed E-state index contributed by atoms with van der Waals surface area (Å²) in [5, 5.41) is 5.21. The van der Waals surface area contributed by atoms with Crippen LogP contribution in [0, 0.1) is 0 Å². The molecule has 120 valence electrons. The summed E-state index contributed by atoms with van der Waals surface area (Å²) in [6.45, 7) is 7.94. The zero-order valence-electron chi connectivity index (χ0n) is 13.5. The monoisotopic (exact) mass is 305 g/mol. The first-order chi connectivity index (χ1) is 10.4. The third kappa shape index (κ3) is 4.58. The van der Waals surface area contributed by atoms with Crippen LogP contribution in [0.15, 0.2) is 24.3 Å². The molecule has 0 aliphatic rings. The van der Waals surface area contributed by atoms with Gasteiger partial charge in [-0.25, -0.2) is 0 Å². The van der Waals surface area contributed by atoms with Gasteiger partial charge in [-0.05, 0) is 32.9 Å². The van der Waals surface area contributed by atoms with E-state index in [1.165, 1.54) is 6.92 Å². The second-order valence-corrected chi connectivity index (χ2v) is 4.93. The third-order valence-electron chi connectivity index (χ3n) is 3.28. The zero-order chi connectivity index (χ0) is 16.7. The Labute approximate surface area is 130 Å². The first-order valence-corrected chi connectivity index (χ1v) is 7.36. The predicted molar refractivity (Wildman–Crippen MR) is 85.6 cm³/mol. The Morgan fingerprint density at radius 2 is 1.73 bits per heavy atom. The predicted octanol–water partition coefficient (Wildman–Crippen LogP) is 1.63. The Kier molecular flexibility index (Phi) is 6.56. The van der Waals surface area contributed by atoms with Crippen molar-refractivity contribution in [2.45, 2.75) is 33.7 Å². The van der Waals surface area contributed by atoms with Crippen LogP contribution in [0.3, 0.4) is 0 Å². The number of rotatable bonds is 6. The molecule has 1 atom stereocenters. The summed E-state index contributed by atoms with van der Waals surface area (Å²) >= 11 is 0. The fourth-order valence-corrected chi connectivity index (χ4v) is 2.07. The Bertz CT molecular complexity index is 553. The highest BCUT2D eigenvalue weighted by Gasteiger charge is 2.19. The van der Waals surface area contributed by atoms with E-state index in [9.17, 15) is 14.4 Å². The van der Waals surface area contributed by atoms with E-state index >= 15 is 0 Å². The van der Waals surface area contributed by atoms with Crippen molar-refractivity contribution in [1.82, 2.24) is 10.2 Å². The van der Waals surface area contributed by atoms with Crippen molar-refractivity contribution in [2.24, 2.45) is 0 Å². The van der Waals surface area contributed by atoms with E-state index in [1.54, 1.807) is 36.1 Å². The van der Waals surface area contributed by atoms with Crippen molar-refractivity contribution in [2.75, 3.05) is 18.4 Å². The molecule has 1 rings (SSSR count). The smallest absolute Gasteiger partial charge is 0.255 e. The van der Waals surface area contributed by atoms with Gasteiger partial charge in [0, 0.05) is 20.0 Å². The molecule has 0 spiro atoms. The lowest BCUT2D eigenvalue weighted by Gasteiger charge is -2.21. The highest BCUT2D eigenvalue weighted by molar-refractivity contribution is 6.05. The van der Waals surface area contributed by atoms with E-state index < -0.39 is 6.04 Å². The summed E-state index contributed by atoms with van der Waals surface area (Å²) in [5.41, 5.74) is 0.885. The summed E-state index contributed by atoms with van der Waals surface area (Å²) in [4.78, 5) is 37.2. The van der Waals surface area contributed by atoms with Gasteiger partial charge in [0.2, 0.25) is 11.8 Å². The average Bonchev–Trinajstić information content (AvgIpc) is 2.48. The van der Waals surface area contributed by atoms with Gasteiger partial charge < -0.3 is 15.5 Å². The molecular formula is C16H23N3O3. The number of hydrogen-bond donors (Lipinski definition) is 2. The summed E-state index contributed by atoms with van der Waals surface area (Å²) < 4.78 is 0. The number of amides is 3. The van der Waals surface area contributed by atoms with Crippen LogP contribution in [0.25, 0.3) is 0 Å². The van der Waals surface area contributed by atoms with Crippen LogP contribution < -0.4 is 10.6 Å². The maximum Gasteiger partial charge on any atom is 0.255 e. The standard InChI is InChI=1S/C16H23N3O3/c1-5-19(6-2)16(22)13-9-7-8-10-14(13)18-15(21)11(3)17-12(4)20/h7-11H,5-6H2,1-4H3,(H,17,20)(H,18,21). The highest BCUT2D eigenvalue weighted by atomic mass is 16.2. The normalized spacial score (nSPS) is 11.5. The van der Waals surface area contributed by atoms with Gasteiger partial charge in [0.1, 0.15) is 6.04 Å². The first-order valence-electron chi connectivity index (χ1n) is 7.36. The number of carbonyl (C=O) groups is 3. The molecule has 0 aliphatic heterocycles. The Balaban J connectivity index is 2.95. The van der Waals surface area contributed by atoms with Crippen molar-refractivity contribution in [3.63, 3.8) is 0 Å². The van der Waals surface area contributed by atoms with Gasteiger partial charge in [-0.2, -0.15) is 0 Å². The van der Waals surface area contributed by atoms with E-state index in [1.807, 2.05) is 13.8 Å². The van der Waals surface area contributed by atoms with Gasteiger partial charge in [0.15, 0.2) is 0 Å². The summed E-state index contributed by atoms with van der Waals surface area (Å²) in [6.07, 6.45) is 0. The Morgan fingerprint density at radius 3 is 2.27 bits per heavy atom. The van der Waals surface area contributed by atoms with Crippen molar-refractivity contribution >= 4 is 23.4 Å².